The quantitative estimate of drug-likeness (QED) is 0.202. The third kappa shape index (κ3) is 7.00. The Morgan fingerprint density at radius 2 is 1.96 bits per heavy atom. The van der Waals surface area contributed by atoms with Crippen molar-refractivity contribution >= 4 is 62.8 Å². The van der Waals surface area contributed by atoms with Gasteiger partial charge >= 0.3 is 0 Å². The second-order valence-corrected chi connectivity index (χ2v) is 8.42. The number of aliphatic imine (C=N–C) groups is 1. The largest absolute Gasteiger partial charge is 0.357 e. The lowest BCUT2D eigenvalue weighted by Gasteiger charge is -2.10. The minimum atomic E-state index is 0. The fourth-order valence-corrected chi connectivity index (χ4v) is 4.39. The molecule has 0 spiro atoms. The Balaban J connectivity index is 0.00000261. The first kappa shape index (κ1) is 22.0. The number of nitrogens with one attached hydrogen (secondary N) is 2. The Labute approximate surface area is 185 Å². The van der Waals surface area contributed by atoms with Crippen LogP contribution in [0.1, 0.15) is 28.2 Å². The molecule has 0 saturated carbocycles. The van der Waals surface area contributed by atoms with Gasteiger partial charge in [0.05, 0.1) is 20.2 Å². The molecule has 27 heavy (non-hydrogen) atoms. The fourth-order valence-electron chi connectivity index (χ4n) is 2.59. The summed E-state index contributed by atoms with van der Waals surface area (Å²) in [5.41, 5.74) is 1.10. The summed E-state index contributed by atoms with van der Waals surface area (Å²) in [5, 5.41) is 9.06. The summed E-state index contributed by atoms with van der Waals surface area (Å²) >= 11 is 3.54. The number of hydrogen-bond acceptors (Lipinski definition) is 5. The van der Waals surface area contributed by atoms with Gasteiger partial charge in [-0.25, -0.2) is 9.97 Å². The molecule has 8 heteroatoms. The summed E-state index contributed by atoms with van der Waals surface area (Å²) in [5.74, 6) is 0.880. The van der Waals surface area contributed by atoms with Crippen LogP contribution in [-0.2, 0) is 12.8 Å². The molecular weight excluding hydrogens is 489 g/mol. The van der Waals surface area contributed by atoms with Crippen molar-refractivity contribution in [1.82, 2.24) is 20.6 Å². The van der Waals surface area contributed by atoms with Crippen molar-refractivity contribution in [3.63, 3.8) is 0 Å². The second-order valence-electron chi connectivity index (χ2n) is 5.98. The Bertz CT molecular complexity index is 826. The molecule has 2 aromatic heterocycles. The number of aryl methyl sites for hydroxylation is 2. The number of thiazole rings is 2. The third-order valence-electron chi connectivity index (χ3n) is 3.80. The number of rotatable bonds is 8. The molecule has 0 radical (unpaired) electrons. The molecule has 0 saturated heterocycles. The molecule has 0 aliphatic carbocycles. The minimum absolute atomic E-state index is 0. The first-order valence-electron chi connectivity index (χ1n) is 9.02. The molecule has 0 aliphatic heterocycles. The van der Waals surface area contributed by atoms with Gasteiger partial charge in [-0.15, -0.1) is 46.7 Å². The van der Waals surface area contributed by atoms with Gasteiger partial charge in [0.15, 0.2) is 5.96 Å². The molecule has 1 aromatic carbocycles. The number of para-hydroxylation sites is 1. The number of nitrogens with zero attached hydrogens (tertiary/aromatic N) is 3. The highest BCUT2D eigenvalue weighted by Crippen LogP contribution is 2.22. The number of halogens is 1. The second kappa shape index (κ2) is 11.6. The predicted molar refractivity (Wildman–Crippen MR) is 128 cm³/mol. The average molecular weight is 515 g/mol. The van der Waals surface area contributed by atoms with E-state index in [0.717, 1.165) is 50.4 Å². The zero-order chi connectivity index (χ0) is 18.2. The lowest BCUT2D eigenvalue weighted by atomic mass is 10.3. The van der Waals surface area contributed by atoms with E-state index < -0.39 is 0 Å². The maximum absolute atomic E-state index is 4.68. The van der Waals surface area contributed by atoms with Crippen molar-refractivity contribution in [2.75, 3.05) is 19.6 Å². The van der Waals surface area contributed by atoms with E-state index >= 15 is 0 Å². The Hall–Kier alpha value is -1.26. The maximum Gasteiger partial charge on any atom is 0.191 e. The topological polar surface area (TPSA) is 62.2 Å². The number of fused-ring (bicyclic) bond motifs is 1. The smallest absolute Gasteiger partial charge is 0.191 e. The molecule has 0 atom stereocenters. The number of guanidine groups is 1. The maximum atomic E-state index is 4.68. The van der Waals surface area contributed by atoms with Gasteiger partial charge < -0.3 is 10.6 Å². The van der Waals surface area contributed by atoms with E-state index in [9.17, 15) is 0 Å². The molecule has 3 rings (SSSR count). The fraction of sp³-hybridized carbons (Fsp3) is 0.421. The van der Waals surface area contributed by atoms with Crippen molar-refractivity contribution in [2.24, 2.45) is 4.99 Å². The van der Waals surface area contributed by atoms with E-state index in [0.29, 0.717) is 0 Å². The van der Waals surface area contributed by atoms with Gasteiger partial charge in [-0.1, -0.05) is 12.1 Å². The highest BCUT2D eigenvalue weighted by molar-refractivity contribution is 14.0. The van der Waals surface area contributed by atoms with Crippen LogP contribution >= 0.6 is 46.7 Å². The van der Waals surface area contributed by atoms with Gasteiger partial charge in [0.2, 0.25) is 0 Å². The molecule has 3 aromatic rings. The summed E-state index contributed by atoms with van der Waals surface area (Å²) in [7, 11) is 0. The lowest BCUT2D eigenvalue weighted by Crippen LogP contribution is -2.38. The van der Waals surface area contributed by atoms with Crippen molar-refractivity contribution < 1.29 is 0 Å². The van der Waals surface area contributed by atoms with E-state index in [1.165, 1.54) is 19.6 Å². The van der Waals surface area contributed by atoms with Gasteiger partial charge in [-0.2, -0.15) is 0 Å². The van der Waals surface area contributed by atoms with E-state index in [1.807, 2.05) is 12.3 Å². The van der Waals surface area contributed by atoms with Crippen LogP contribution in [0.15, 0.2) is 35.5 Å². The summed E-state index contributed by atoms with van der Waals surface area (Å²) in [6, 6.07) is 8.31. The van der Waals surface area contributed by atoms with Crippen LogP contribution in [0.25, 0.3) is 10.2 Å². The number of hydrogen-bond donors (Lipinski definition) is 2. The molecule has 5 nitrogen and oxygen atoms in total. The molecule has 0 unspecified atom stereocenters. The first-order chi connectivity index (χ1) is 12.7. The van der Waals surface area contributed by atoms with Crippen LogP contribution in [0, 0.1) is 6.92 Å². The Morgan fingerprint density at radius 3 is 2.70 bits per heavy atom. The molecule has 2 N–H and O–H groups in total. The van der Waals surface area contributed by atoms with Crippen molar-refractivity contribution in [1.29, 1.82) is 0 Å². The zero-order valence-corrected chi connectivity index (χ0v) is 19.7. The molecule has 0 amide bonds. The van der Waals surface area contributed by atoms with E-state index in [-0.39, 0.29) is 24.0 Å². The van der Waals surface area contributed by atoms with Gasteiger partial charge in [0.1, 0.15) is 0 Å². The minimum Gasteiger partial charge on any atom is -0.357 e. The summed E-state index contributed by atoms with van der Waals surface area (Å²) < 4.78 is 1.26. The predicted octanol–water partition coefficient (Wildman–Crippen LogP) is 4.41. The summed E-state index contributed by atoms with van der Waals surface area (Å²) in [6.07, 6.45) is 4.83. The standard InChI is InChI=1S/C19H25N5S2.HI/c1-3-20-19(22-12-10-17-23-13-14(2)25-17)21-11-6-9-18-24-15-7-4-5-8-16(15)26-18;/h4-5,7-8,13H,3,6,9-12H2,1-2H3,(H2,20,21,22);1H. The highest BCUT2D eigenvalue weighted by Gasteiger charge is 2.03. The molecular formula is C19H26IN5S2. The molecule has 146 valence electrons. The van der Waals surface area contributed by atoms with Crippen LogP contribution in [0.2, 0.25) is 0 Å². The SMILES string of the molecule is CCNC(=NCCCc1nc2ccccc2s1)NCCc1ncc(C)s1.I. The number of benzene rings is 1. The van der Waals surface area contributed by atoms with Crippen LogP contribution < -0.4 is 10.6 Å². The van der Waals surface area contributed by atoms with Gasteiger partial charge in [0.25, 0.3) is 0 Å². The number of aromatic nitrogens is 2. The van der Waals surface area contributed by atoms with Crippen LogP contribution in [0.4, 0.5) is 0 Å². The van der Waals surface area contributed by atoms with Crippen molar-refractivity contribution in [3.05, 3.63) is 45.4 Å². The van der Waals surface area contributed by atoms with Crippen LogP contribution in [0.5, 0.6) is 0 Å². The summed E-state index contributed by atoms with van der Waals surface area (Å²) in [4.78, 5) is 15.0. The van der Waals surface area contributed by atoms with E-state index in [4.69, 9.17) is 0 Å². The van der Waals surface area contributed by atoms with Gasteiger partial charge in [0, 0.05) is 43.5 Å². The Morgan fingerprint density at radius 1 is 1.11 bits per heavy atom. The van der Waals surface area contributed by atoms with Crippen molar-refractivity contribution in [2.45, 2.75) is 33.1 Å². The Kier molecular flexibility index (Phi) is 9.43. The van der Waals surface area contributed by atoms with Gasteiger partial charge in [-0.3, -0.25) is 4.99 Å². The third-order valence-corrected chi connectivity index (χ3v) is 5.87. The molecule has 2 heterocycles. The van der Waals surface area contributed by atoms with Gasteiger partial charge in [-0.05, 0) is 32.4 Å². The van der Waals surface area contributed by atoms with E-state index in [1.54, 1.807) is 22.7 Å². The average Bonchev–Trinajstić information content (AvgIpc) is 3.24. The molecule has 0 aliphatic rings. The van der Waals surface area contributed by atoms with E-state index in [2.05, 4.69) is 57.6 Å². The normalized spacial score (nSPS) is 11.4. The van der Waals surface area contributed by atoms with Crippen LogP contribution in [0.3, 0.4) is 0 Å². The summed E-state index contributed by atoms with van der Waals surface area (Å²) in [6.45, 7) is 6.67. The van der Waals surface area contributed by atoms with Crippen LogP contribution in [-0.4, -0.2) is 35.6 Å². The molecule has 0 fully saturated rings. The lowest BCUT2D eigenvalue weighted by molar-refractivity contribution is 0.774. The monoisotopic (exact) mass is 515 g/mol. The first-order valence-corrected chi connectivity index (χ1v) is 10.7. The highest BCUT2D eigenvalue weighted by atomic mass is 127. The zero-order valence-electron chi connectivity index (χ0n) is 15.7. The van der Waals surface area contributed by atoms with Crippen molar-refractivity contribution in [3.8, 4) is 0 Å². The molecule has 0 bridgehead atoms.